The Bertz CT molecular complexity index is 820. The van der Waals surface area contributed by atoms with E-state index in [2.05, 4.69) is 26.2 Å². The number of piperidine rings is 3. The fraction of sp³-hybridized carbons (Fsp3) is 0.931. The first-order valence-corrected chi connectivity index (χ1v) is 15.6. The van der Waals surface area contributed by atoms with Gasteiger partial charge in [0, 0.05) is 57.6 Å². The summed E-state index contributed by atoms with van der Waals surface area (Å²) in [7, 11) is 3.69. The van der Waals surface area contributed by atoms with Crippen LogP contribution in [-0.2, 0) is 14.3 Å². The minimum Gasteiger partial charge on any atom is -0.390 e. The van der Waals surface area contributed by atoms with Crippen molar-refractivity contribution in [2.75, 3.05) is 60.0 Å². The molecule has 0 spiro atoms. The number of fused-ring (bicyclic) bond motifs is 1. The lowest BCUT2D eigenvalue weighted by Crippen LogP contribution is -2.56. The average Bonchev–Trinajstić information content (AvgIpc) is 2.96. The van der Waals surface area contributed by atoms with Crippen molar-refractivity contribution >= 4 is 11.8 Å². The summed E-state index contributed by atoms with van der Waals surface area (Å²) in [6.45, 7) is 6.67. The van der Waals surface area contributed by atoms with Gasteiger partial charge in [0.2, 0.25) is 11.8 Å². The van der Waals surface area contributed by atoms with Crippen LogP contribution in [0.25, 0.3) is 0 Å². The highest BCUT2D eigenvalue weighted by molar-refractivity contribution is 5.79. The number of aliphatic hydroxyl groups excluding tert-OH is 2. The number of carbonyl (C=O) groups excluding carboxylic acids is 2. The van der Waals surface area contributed by atoms with Gasteiger partial charge in [-0.1, -0.05) is 0 Å². The van der Waals surface area contributed by atoms with Crippen molar-refractivity contribution in [3.05, 3.63) is 0 Å². The molecule has 8 unspecified atom stereocenters. The number of carbonyl (C=O) groups is 2. The van der Waals surface area contributed by atoms with Crippen LogP contribution in [0, 0.1) is 17.8 Å². The summed E-state index contributed by atoms with van der Waals surface area (Å²) in [5, 5.41) is 34.0. The van der Waals surface area contributed by atoms with E-state index in [0.29, 0.717) is 37.8 Å². The minimum absolute atomic E-state index is 0.0121. The summed E-state index contributed by atoms with van der Waals surface area (Å²) in [5.74, 6) is 1.34. The minimum atomic E-state index is -0.586. The van der Waals surface area contributed by atoms with Gasteiger partial charge in [-0.25, -0.2) is 0 Å². The van der Waals surface area contributed by atoms with Crippen LogP contribution in [0.3, 0.4) is 0 Å². The van der Waals surface area contributed by atoms with Gasteiger partial charge in [0.05, 0.1) is 31.1 Å². The predicted molar refractivity (Wildman–Crippen MR) is 153 cm³/mol. The number of likely N-dealkylation sites (N-methyl/N-ethyl adjacent to an activating group) is 1. The van der Waals surface area contributed by atoms with Crippen LogP contribution in [0.1, 0.15) is 58.3 Å². The maximum Gasteiger partial charge on any atom is 0.223 e. The largest absolute Gasteiger partial charge is 0.390 e. The van der Waals surface area contributed by atoms with Crippen molar-refractivity contribution in [1.82, 2.24) is 31.1 Å². The smallest absolute Gasteiger partial charge is 0.223 e. The molecule has 1 saturated carbocycles. The molecule has 3 saturated heterocycles. The molecule has 0 aromatic carbocycles. The van der Waals surface area contributed by atoms with E-state index in [1.54, 1.807) is 4.90 Å². The number of ether oxygens (including phenoxy) is 1. The molecule has 0 aromatic rings. The van der Waals surface area contributed by atoms with Crippen molar-refractivity contribution in [2.45, 2.75) is 94.9 Å². The first kappa shape index (κ1) is 31.6. The van der Waals surface area contributed by atoms with Gasteiger partial charge in [0.1, 0.15) is 0 Å². The zero-order chi connectivity index (χ0) is 28.6. The number of likely N-dealkylation sites (tertiary alicyclic amines) is 2. The summed E-state index contributed by atoms with van der Waals surface area (Å²) in [4.78, 5) is 29.1. The van der Waals surface area contributed by atoms with E-state index in [9.17, 15) is 19.8 Å². The zero-order valence-electron chi connectivity index (χ0n) is 24.8. The number of rotatable bonds is 12. The maximum atomic E-state index is 12.9. The summed E-state index contributed by atoms with van der Waals surface area (Å²) in [6.07, 6.45) is 6.37. The molecule has 4 fully saturated rings. The molecule has 3 aliphatic heterocycles. The number of hydrogen-bond donors (Lipinski definition) is 6. The Balaban J connectivity index is 1.11. The topological polar surface area (TPSA) is 138 Å². The third-order valence-electron chi connectivity index (χ3n) is 9.79. The molecule has 230 valence electrons. The van der Waals surface area contributed by atoms with Crippen molar-refractivity contribution < 1.29 is 24.5 Å². The van der Waals surface area contributed by atoms with Gasteiger partial charge in [-0.15, -0.1) is 0 Å². The van der Waals surface area contributed by atoms with E-state index in [4.69, 9.17) is 4.74 Å². The SMILES string of the molecule is CNC(C)C(O)COC1CCC2CN(C[C@@H](O)CNC(=O)C3CCNC(NC4CCN(C)C(=O)C4)C3)CCC2C1. The molecule has 4 rings (SSSR count). The monoisotopic (exact) mass is 566 g/mol. The van der Waals surface area contributed by atoms with Crippen LogP contribution in [-0.4, -0.2) is 128 Å². The maximum absolute atomic E-state index is 12.9. The summed E-state index contributed by atoms with van der Waals surface area (Å²) in [6, 6.07) is 0.169. The number of hydrogen-bond acceptors (Lipinski definition) is 9. The second-order valence-electron chi connectivity index (χ2n) is 12.8. The average molecular weight is 567 g/mol. The molecule has 0 radical (unpaired) electrons. The van der Waals surface area contributed by atoms with Gasteiger partial charge in [-0.2, -0.15) is 0 Å². The number of nitrogens with one attached hydrogen (secondary N) is 4. The fourth-order valence-corrected chi connectivity index (χ4v) is 6.92. The lowest BCUT2D eigenvalue weighted by atomic mass is 9.74. The molecular weight excluding hydrogens is 512 g/mol. The fourth-order valence-electron chi connectivity index (χ4n) is 6.92. The standard InChI is InChI=1S/C29H54N6O5/c1-19(30-2)26(37)18-40-25-5-4-22-16-35(11-7-20(22)12-25)17-24(36)15-32-29(39)21-6-9-31-27(13-21)33-23-8-10-34(3)28(38)14-23/h19-27,30-31,33,36-37H,4-18H2,1-3H3,(H,32,39)/t19?,20?,21?,22?,23?,24-,25?,26?,27?/m0/s1. The van der Waals surface area contributed by atoms with Gasteiger partial charge in [0.15, 0.2) is 0 Å². The summed E-state index contributed by atoms with van der Waals surface area (Å²) < 4.78 is 6.06. The van der Waals surface area contributed by atoms with Gasteiger partial charge < -0.3 is 40.7 Å². The van der Waals surface area contributed by atoms with E-state index < -0.39 is 12.2 Å². The lowest BCUT2D eigenvalue weighted by Gasteiger charge is -2.44. The number of nitrogens with zero attached hydrogens (tertiary/aromatic N) is 2. The molecule has 11 nitrogen and oxygen atoms in total. The molecule has 4 aliphatic rings. The second-order valence-corrected chi connectivity index (χ2v) is 12.8. The third kappa shape index (κ3) is 9.08. The Morgan fingerprint density at radius 1 is 1.12 bits per heavy atom. The molecule has 40 heavy (non-hydrogen) atoms. The van der Waals surface area contributed by atoms with Gasteiger partial charge in [-0.3, -0.25) is 14.9 Å². The Morgan fingerprint density at radius 3 is 2.73 bits per heavy atom. The summed E-state index contributed by atoms with van der Waals surface area (Å²) in [5.41, 5.74) is 0. The van der Waals surface area contributed by atoms with Gasteiger partial charge in [-0.05, 0) is 83.8 Å². The lowest BCUT2D eigenvalue weighted by molar-refractivity contribution is -0.133. The highest BCUT2D eigenvalue weighted by Crippen LogP contribution is 2.37. The Hall–Kier alpha value is -1.34. The molecule has 0 aromatic heterocycles. The van der Waals surface area contributed by atoms with Crippen molar-refractivity contribution in [3.63, 3.8) is 0 Å². The number of amides is 2. The van der Waals surface area contributed by atoms with Crippen molar-refractivity contribution in [3.8, 4) is 0 Å². The number of aliphatic hydroxyl groups is 2. The molecule has 0 bridgehead atoms. The predicted octanol–water partition coefficient (Wildman–Crippen LogP) is -0.524. The van der Waals surface area contributed by atoms with Crippen molar-refractivity contribution in [2.24, 2.45) is 17.8 Å². The normalized spacial score (nSPS) is 34.1. The van der Waals surface area contributed by atoms with E-state index in [1.165, 1.54) is 0 Å². The van der Waals surface area contributed by atoms with E-state index in [0.717, 1.165) is 64.7 Å². The molecule has 9 atom stereocenters. The Labute approximate surface area is 240 Å². The van der Waals surface area contributed by atoms with Crippen LogP contribution in [0.4, 0.5) is 0 Å². The van der Waals surface area contributed by atoms with E-state index >= 15 is 0 Å². The van der Waals surface area contributed by atoms with E-state index in [-0.39, 0.29) is 48.6 Å². The molecule has 2 amide bonds. The first-order valence-electron chi connectivity index (χ1n) is 15.6. The van der Waals surface area contributed by atoms with Crippen LogP contribution >= 0.6 is 0 Å². The molecule has 1 aliphatic carbocycles. The van der Waals surface area contributed by atoms with Crippen LogP contribution < -0.4 is 21.3 Å². The number of β-amino-alcohol motifs (C(OH)–C–C–N with tert-alkyl or cyclic N) is 1. The highest BCUT2D eigenvalue weighted by atomic mass is 16.5. The molecule has 11 heteroatoms. The highest BCUT2D eigenvalue weighted by Gasteiger charge is 2.36. The van der Waals surface area contributed by atoms with Crippen LogP contribution in [0.15, 0.2) is 0 Å². The second kappa shape index (κ2) is 15.2. The molecular formula is C29H54N6O5. The first-order chi connectivity index (χ1) is 19.2. The Kier molecular flexibility index (Phi) is 12.0. The third-order valence-corrected chi connectivity index (χ3v) is 9.79. The van der Waals surface area contributed by atoms with E-state index in [1.807, 2.05) is 21.0 Å². The van der Waals surface area contributed by atoms with Gasteiger partial charge in [0.25, 0.3) is 0 Å². The van der Waals surface area contributed by atoms with Crippen LogP contribution in [0.5, 0.6) is 0 Å². The Morgan fingerprint density at radius 2 is 1.95 bits per heavy atom. The quantitative estimate of drug-likeness (QED) is 0.184. The van der Waals surface area contributed by atoms with Crippen LogP contribution in [0.2, 0.25) is 0 Å². The molecule has 6 N–H and O–H groups in total. The summed E-state index contributed by atoms with van der Waals surface area (Å²) >= 11 is 0. The van der Waals surface area contributed by atoms with Gasteiger partial charge >= 0.3 is 0 Å². The molecule has 3 heterocycles. The van der Waals surface area contributed by atoms with Crippen molar-refractivity contribution in [1.29, 1.82) is 0 Å². The zero-order valence-corrected chi connectivity index (χ0v) is 24.8.